The highest BCUT2D eigenvalue weighted by molar-refractivity contribution is 5.03. The minimum absolute atomic E-state index is 0.883. The van der Waals surface area contributed by atoms with Gasteiger partial charge in [0.05, 0.1) is 12.2 Å². The van der Waals surface area contributed by atoms with Gasteiger partial charge in [-0.05, 0) is 12.1 Å². The lowest BCUT2D eigenvalue weighted by Gasteiger charge is -2.34. The van der Waals surface area contributed by atoms with Crippen LogP contribution < -0.4 is 0 Å². The largest absolute Gasteiger partial charge is 0.320 e. The molecule has 0 amide bonds. The Kier molecular flexibility index (Phi) is 4.03. The highest BCUT2D eigenvalue weighted by Gasteiger charge is 2.18. The van der Waals surface area contributed by atoms with E-state index in [0.29, 0.717) is 0 Å². The predicted octanol–water partition coefficient (Wildman–Crippen LogP) is 0.528. The van der Waals surface area contributed by atoms with Gasteiger partial charge in [0.1, 0.15) is 12.2 Å². The van der Waals surface area contributed by atoms with Crippen LogP contribution in [-0.4, -0.2) is 55.7 Å². The van der Waals surface area contributed by atoms with Crippen LogP contribution in [0.4, 0.5) is 0 Å². The molecule has 0 bridgehead atoms. The van der Waals surface area contributed by atoms with Gasteiger partial charge in [-0.3, -0.25) is 14.8 Å². The molecule has 2 aromatic rings. The smallest absolute Gasteiger partial charge is 0.146 e. The molecule has 0 unspecified atom stereocenters. The van der Waals surface area contributed by atoms with Gasteiger partial charge in [0, 0.05) is 46.0 Å². The van der Waals surface area contributed by atoms with Crippen molar-refractivity contribution < 1.29 is 0 Å². The fourth-order valence-corrected chi connectivity index (χ4v) is 2.48. The highest BCUT2D eigenvalue weighted by Crippen LogP contribution is 2.08. The Labute approximate surface area is 119 Å². The summed E-state index contributed by atoms with van der Waals surface area (Å²) < 4.78 is 1.99. The Bertz CT molecular complexity index is 530. The van der Waals surface area contributed by atoms with Crippen molar-refractivity contribution in [2.24, 2.45) is 7.05 Å². The van der Waals surface area contributed by atoms with Gasteiger partial charge in [-0.25, -0.2) is 0 Å². The maximum Gasteiger partial charge on any atom is 0.146 e. The average molecular weight is 272 g/mol. The van der Waals surface area contributed by atoms with Crippen LogP contribution in [0.15, 0.2) is 30.7 Å². The zero-order valence-electron chi connectivity index (χ0n) is 11.8. The minimum atomic E-state index is 0.883. The van der Waals surface area contributed by atoms with Crippen molar-refractivity contribution >= 4 is 0 Å². The molecule has 1 aliphatic heterocycles. The van der Waals surface area contributed by atoms with Gasteiger partial charge in [0.25, 0.3) is 0 Å². The second-order valence-electron chi connectivity index (χ2n) is 5.23. The molecule has 0 aromatic carbocycles. The summed E-state index contributed by atoms with van der Waals surface area (Å²) >= 11 is 0. The quantitative estimate of drug-likeness (QED) is 0.812. The van der Waals surface area contributed by atoms with Crippen molar-refractivity contribution in [1.29, 1.82) is 0 Å². The Hall–Kier alpha value is -1.79. The monoisotopic (exact) mass is 272 g/mol. The topological polar surface area (TPSA) is 50.1 Å². The lowest BCUT2D eigenvalue weighted by atomic mass is 10.2. The molecule has 0 atom stereocenters. The molecule has 6 nitrogen and oxygen atoms in total. The third kappa shape index (κ3) is 3.20. The number of aromatic nitrogens is 4. The Morgan fingerprint density at radius 1 is 1.05 bits per heavy atom. The van der Waals surface area contributed by atoms with E-state index in [1.165, 1.54) is 0 Å². The molecular weight excluding hydrogens is 252 g/mol. The number of rotatable bonds is 4. The first-order valence-electron chi connectivity index (χ1n) is 6.99. The molecule has 1 fully saturated rings. The van der Waals surface area contributed by atoms with E-state index in [2.05, 4.69) is 31.0 Å². The molecule has 0 spiro atoms. The molecule has 0 radical (unpaired) electrons. The van der Waals surface area contributed by atoms with Crippen molar-refractivity contribution in [3.63, 3.8) is 0 Å². The molecule has 0 N–H and O–H groups in total. The van der Waals surface area contributed by atoms with Crippen molar-refractivity contribution in [2.45, 2.75) is 13.1 Å². The Balaban J connectivity index is 1.49. The summed E-state index contributed by atoms with van der Waals surface area (Å²) in [6, 6.07) is 6.10. The van der Waals surface area contributed by atoms with Crippen LogP contribution in [0, 0.1) is 0 Å². The molecule has 20 heavy (non-hydrogen) atoms. The molecule has 0 aliphatic carbocycles. The summed E-state index contributed by atoms with van der Waals surface area (Å²) in [5.74, 6) is 1.03. The van der Waals surface area contributed by atoms with Gasteiger partial charge in [0.2, 0.25) is 0 Å². The molecule has 3 heterocycles. The van der Waals surface area contributed by atoms with Crippen LogP contribution in [0.1, 0.15) is 11.5 Å². The number of aryl methyl sites for hydroxylation is 1. The number of hydrogen-bond acceptors (Lipinski definition) is 5. The van der Waals surface area contributed by atoms with E-state index in [9.17, 15) is 0 Å². The fourth-order valence-electron chi connectivity index (χ4n) is 2.48. The summed E-state index contributed by atoms with van der Waals surface area (Å²) in [7, 11) is 1.99. The fraction of sp³-hybridized carbons (Fsp3) is 0.500. The number of hydrogen-bond donors (Lipinski definition) is 0. The van der Waals surface area contributed by atoms with Gasteiger partial charge in [0.15, 0.2) is 0 Å². The van der Waals surface area contributed by atoms with Gasteiger partial charge >= 0.3 is 0 Å². The SMILES string of the molecule is Cn1cnnc1CN1CCN(Cc2ccccn2)CC1. The van der Waals surface area contributed by atoms with Crippen LogP contribution >= 0.6 is 0 Å². The first kappa shape index (κ1) is 13.2. The molecule has 1 aliphatic rings. The highest BCUT2D eigenvalue weighted by atomic mass is 15.3. The standard InChI is InChI=1S/C14H20N6/c1-18-12-16-17-14(18)11-20-8-6-19(7-9-20)10-13-4-2-3-5-15-13/h2-5,12H,6-11H2,1H3. The van der Waals surface area contributed by atoms with Gasteiger partial charge in [-0.2, -0.15) is 0 Å². The van der Waals surface area contributed by atoms with E-state index in [-0.39, 0.29) is 0 Å². The van der Waals surface area contributed by atoms with E-state index < -0.39 is 0 Å². The molecule has 106 valence electrons. The van der Waals surface area contributed by atoms with Gasteiger partial charge < -0.3 is 4.57 Å². The summed E-state index contributed by atoms with van der Waals surface area (Å²) in [5.41, 5.74) is 1.15. The summed E-state index contributed by atoms with van der Waals surface area (Å²) in [6.07, 6.45) is 3.62. The zero-order valence-corrected chi connectivity index (χ0v) is 11.8. The van der Waals surface area contributed by atoms with E-state index in [1.54, 1.807) is 6.33 Å². The van der Waals surface area contributed by atoms with Crippen LogP contribution in [0.2, 0.25) is 0 Å². The van der Waals surface area contributed by atoms with E-state index in [1.807, 2.05) is 29.9 Å². The second kappa shape index (κ2) is 6.11. The lowest BCUT2D eigenvalue weighted by molar-refractivity contribution is 0.118. The number of pyridine rings is 1. The van der Waals surface area contributed by atoms with Crippen molar-refractivity contribution in [1.82, 2.24) is 29.5 Å². The molecule has 1 saturated heterocycles. The molecule has 6 heteroatoms. The van der Waals surface area contributed by atoms with E-state index >= 15 is 0 Å². The van der Waals surface area contributed by atoms with Crippen molar-refractivity contribution in [3.05, 3.63) is 42.2 Å². The molecule has 0 saturated carbocycles. The average Bonchev–Trinajstić information content (AvgIpc) is 2.88. The number of piperazine rings is 1. The summed E-state index contributed by atoms with van der Waals surface area (Å²) in [5, 5.41) is 8.07. The molecule has 3 rings (SSSR count). The Morgan fingerprint density at radius 2 is 1.80 bits per heavy atom. The van der Waals surface area contributed by atoms with Crippen LogP contribution in [0.3, 0.4) is 0 Å². The minimum Gasteiger partial charge on any atom is -0.320 e. The van der Waals surface area contributed by atoms with E-state index in [0.717, 1.165) is 50.8 Å². The van der Waals surface area contributed by atoms with Gasteiger partial charge in [-0.15, -0.1) is 10.2 Å². The maximum absolute atomic E-state index is 4.39. The second-order valence-corrected chi connectivity index (χ2v) is 5.23. The van der Waals surface area contributed by atoms with Gasteiger partial charge in [-0.1, -0.05) is 6.07 Å². The molecule has 2 aromatic heterocycles. The van der Waals surface area contributed by atoms with Crippen LogP contribution in [-0.2, 0) is 20.1 Å². The third-order valence-electron chi connectivity index (χ3n) is 3.75. The van der Waals surface area contributed by atoms with E-state index in [4.69, 9.17) is 0 Å². The number of nitrogens with zero attached hydrogens (tertiary/aromatic N) is 6. The Morgan fingerprint density at radius 3 is 2.40 bits per heavy atom. The van der Waals surface area contributed by atoms with Crippen LogP contribution in [0.5, 0.6) is 0 Å². The normalized spacial score (nSPS) is 17.4. The first-order valence-corrected chi connectivity index (χ1v) is 6.99. The van der Waals surface area contributed by atoms with Crippen molar-refractivity contribution in [3.8, 4) is 0 Å². The first-order chi connectivity index (χ1) is 9.81. The maximum atomic E-state index is 4.39. The summed E-state index contributed by atoms with van der Waals surface area (Å²) in [4.78, 5) is 9.27. The predicted molar refractivity (Wildman–Crippen MR) is 75.8 cm³/mol. The molecular formula is C14H20N6. The lowest BCUT2D eigenvalue weighted by Crippen LogP contribution is -2.45. The summed E-state index contributed by atoms with van der Waals surface area (Å²) in [6.45, 7) is 6.12. The van der Waals surface area contributed by atoms with Crippen molar-refractivity contribution in [2.75, 3.05) is 26.2 Å². The van der Waals surface area contributed by atoms with Crippen LogP contribution in [0.25, 0.3) is 0 Å². The third-order valence-corrected chi connectivity index (χ3v) is 3.75. The zero-order chi connectivity index (χ0) is 13.8.